The van der Waals surface area contributed by atoms with Crippen LogP contribution in [0.25, 0.3) is 0 Å². The first-order valence-electron chi connectivity index (χ1n) is 7.18. The molecule has 0 aliphatic carbocycles. The van der Waals surface area contributed by atoms with Gasteiger partial charge in [0.25, 0.3) is 0 Å². The van der Waals surface area contributed by atoms with Gasteiger partial charge in [-0.15, -0.1) is 0 Å². The van der Waals surface area contributed by atoms with Crippen molar-refractivity contribution in [3.8, 4) is 0 Å². The lowest BCUT2D eigenvalue weighted by molar-refractivity contribution is -0.137. The van der Waals surface area contributed by atoms with Crippen molar-refractivity contribution in [2.45, 2.75) is 58.8 Å². The normalized spacial score (nSPS) is 13.8. The van der Waals surface area contributed by atoms with Gasteiger partial charge in [0.1, 0.15) is 0 Å². The lowest BCUT2D eigenvalue weighted by atomic mass is 10.0. The fraction of sp³-hybridized carbons (Fsp3) is 0.625. The summed E-state index contributed by atoms with van der Waals surface area (Å²) in [5.41, 5.74) is 0.292. The van der Waals surface area contributed by atoms with Gasteiger partial charge in [-0.05, 0) is 37.0 Å². The molecular weight excluding hydrogens is 263 g/mol. The van der Waals surface area contributed by atoms with E-state index in [1.165, 1.54) is 25.0 Å². The molecule has 0 aliphatic heterocycles. The Morgan fingerprint density at radius 3 is 2.10 bits per heavy atom. The van der Waals surface area contributed by atoms with Crippen LogP contribution >= 0.6 is 0 Å². The molecule has 0 saturated heterocycles. The molecule has 0 fully saturated rings. The number of benzene rings is 1. The highest BCUT2D eigenvalue weighted by Gasteiger charge is 2.29. The van der Waals surface area contributed by atoms with Crippen molar-refractivity contribution in [1.82, 2.24) is 5.32 Å². The van der Waals surface area contributed by atoms with Crippen LogP contribution in [0.4, 0.5) is 13.2 Å². The topological polar surface area (TPSA) is 12.0 Å². The molecule has 0 amide bonds. The van der Waals surface area contributed by atoms with E-state index in [1.807, 2.05) is 0 Å². The zero-order chi connectivity index (χ0) is 15.2. The van der Waals surface area contributed by atoms with Gasteiger partial charge in [0.15, 0.2) is 0 Å². The van der Waals surface area contributed by atoms with Gasteiger partial charge < -0.3 is 5.32 Å². The minimum absolute atomic E-state index is 0.385. The molecule has 1 atom stereocenters. The third-order valence-electron chi connectivity index (χ3n) is 3.35. The van der Waals surface area contributed by atoms with Crippen LogP contribution in [0.2, 0.25) is 0 Å². The molecule has 1 unspecified atom stereocenters. The molecule has 20 heavy (non-hydrogen) atoms. The summed E-state index contributed by atoms with van der Waals surface area (Å²) in [6.45, 7) is 7.14. The Kier molecular flexibility index (Phi) is 6.53. The van der Waals surface area contributed by atoms with Crippen LogP contribution in [0.5, 0.6) is 0 Å². The van der Waals surface area contributed by atoms with E-state index in [4.69, 9.17) is 0 Å². The molecule has 114 valence electrons. The average Bonchev–Trinajstić information content (AvgIpc) is 2.35. The van der Waals surface area contributed by atoms with Crippen molar-refractivity contribution in [3.05, 3.63) is 35.4 Å². The summed E-state index contributed by atoms with van der Waals surface area (Å²) in [6.07, 6.45) is -0.764. The van der Waals surface area contributed by atoms with Crippen molar-refractivity contribution >= 4 is 0 Å². The predicted octanol–water partition coefficient (Wildman–Crippen LogP) is 5.01. The summed E-state index contributed by atoms with van der Waals surface area (Å²) in [4.78, 5) is 0. The van der Waals surface area contributed by atoms with E-state index in [2.05, 4.69) is 26.1 Å². The zero-order valence-corrected chi connectivity index (χ0v) is 12.4. The zero-order valence-electron chi connectivity index (χ0n) is 12.4. The van der Waals surface area contributed by atoms with Gasteiger partial charge in [0, 0.05) is 12.6 Å². The fourth-order valence-corrected chi connectivity index (χ4v) is 2.04. The Morgan fingerprint density at radius 1 is 1.00 bits per heavy atom. The largest absolute Gasteiger partial charge is 0.416 e. The maximum absolute atomic E-state index is 12.4. The molecule has 1 aromatic rings. The summed E-state index contributed by atoms with van der Waals surface area (Å²) in [5, 5.41) is 3.35. The van der Waals surface area contributed by atoms with Gasteiger partial charge >= 0.3 is 6.18 Å². The van der Waals surface area contributed by atoms with Crippen LogP contribution < -0.4 is 5.32 Å². The first-order chi connectivity index (χ1) is 9.29. The van der Waals surface area contributed by atoms with E-state index in [0.717, 1.165) is 30.0 Å². The number of rotatable bonds is 7. The summed E-state index contributed by atoms with van der Waals surface area (Å²) in [5.74, 6) is 0.720. The van der Waals surface area contributed by atoms with E-state index in [9.17, 15) is 13.2 Å². The summed E-state index contributed by atoms with van der Waals surface area (Å²) in [6, 6.07) is 5.74. The SMILES string of the molecule is CC(C)CCCC(C)NCc1ccc(C(F)(F)F)cc1. The smallest absolute Gasteiger partial charge is 0.310 e. The number of halogens is 3. The van der Waals surface area contributed by atoms with Gasteiger partial charge in [-0.2, -0.15) is 13.2 Å². The average molecular weight is 287 g/mol. The van der Waals surface area contributed by atoms with Crippen LogP contribution in [0.3, 0.4) is 0 Å². The third-order valence-corrected chi connectivity index (χ3v) is 3.35. The molecular formula is C16H24F3N. The highest BCUT2D eigenvalue weighted by molar-refractivity contribution is 5.24. The van der Waals surface area contributed by atoms with E-state index in [0.29, 0.717) is 12.6 Å². The molecule has 4 heteroatoms. The lowest BCUT2D eigenvalue weighted by Crippen LogP contribution is -2.25. The van der Waals surface area contributed by atoms with Gasteiger partial charge in [-0.1, -0.05) is 38.8 Å². The van der Waals surface area contributed by atoms with Crippen LogP contribution in [-0.4, -0.2) is 6.04 Å². The summed E-state index contributed by atoms with van der Waals surface area (Å²) in [7, 11) is 0. The number of nitrogens with one attached hydrogen (secondary N) is 1. The molecule has 0 saturated carbocycles. The highest BCUT2D eigenvalue weighted by Crippen LogP contribution is 2.29. The summed E-state index contributed by atoms with van der Waals surface area (Å²) < 4.78 is 37.3. The second-order valence-corrected chi connectivity index (χ2v) is 5.80. The van der Waals surface area contributed by atoms with E-state index in [1.54, 1.807) is 0 Å². The standard InChI is InChI=1S/C16H24F3N/c1-12(2)5-4-6-13(3)20-11-14-7-9-15(10-8-14)16(17,18)19/h7-10,12-13,20H,4-6,11H2,1-3H3. The molecule has 0 heterocycles. The lowest BCUT2D eigenvalue weighted by Gasteiger charge is -2.15. The Hall–Kier alpha value is -1.03. The molecule has 0 bridgehead atoms. The first-order valence-corrected chi connectivity index (χ1v) is 7.18. The second-order valence-electron chi connectivity index (χ2n) is 5.80. The van der Waals surface area contributed by atoms with E-state index < -0.39 is 11.7 Å². The van der Waals surface area contributed by atoms with Crippen molar-refractivity contribution in [2.75, 3.05) is 0 Å². The van der Waals surface area contributed by atoms with Crippen molar-refractivity contribution in [1.29, 1.82) is 0 Å². The number of hydrogen-bond donors (Lipinski definition) is 1. The van der Waals surface area contributed by atoms with Crippen LogP contribution in [0, 0.1) is 5.92 Å². The van der Waals surface area contributed by atoms with Crippen molar-refractivity contribution < 1.29 is 13.2 Å². The minimum atomic E-state index is -4.25. The maximum atomic E-state index is 12.4. The summed E-state index contributed by atoms with van der Waals surface area (Å²) >= 11 is 0. The van der Waals surface area contributed by atoms with Crippen LogP contribution in [-0.2, 0) is 12.7 Å². The number of hydrogen-bond acceptors (Lipinski definition) is 1. The van der Waals surface area contributed by atoms with Gasteiger partial charge in [0.05, 0.1) is 5.56 Å². The molecule has 0 aliphatic rings. The molecule has 1 rings (SSSR count). The van der Waals surface area contributed by atoms with Crippen molar-refractivity contribution in [3.63, 3.8) is 0 Å². The third kappa shape index (κ3) is 6.42. The van der Waals surface area contributed by atoms with Gasteiger partial charge in [0.2, 0.25) is 0 Å². The molecule has 1 N–H and O–H groups in total. The molecule has 0 aromatic heterocycles. The quantitative estimate of drug-likeness (QED) is 0.743. The maximum Gasteiger partial charge on any atom is 0.416 e. The monoisotopic (exact) mass is 287 g/mol. The molecule has 1 aromatic carbocycles. The Morgan fingerprint density at radius 2 is 1.60 bits per heavy atom. The number of alkyl halides is 3. The van der Waals surface area contributed by atoms with Crippen molar-refractivity contribution in [2.24, 2.45) is 5.92 Å². The Labute approximate surface area is 119 Å². The Balaban J connectivity index is 2.34. The molecule has 0 radical (unpaired) electrons. The minimum Gasteiger partial charge on any atom is -0.310 e. The fourth-order valence-electron chi connectivity index (χ4n) is 2.04. The Bertz CT molecular complexity index is 382. The highest BCUT2D eigenvalue weighted by atomic mass is 19.4. The van der Waals surface area contributed by atoms with Crippen LogP contribution in [0.1, 0.15) is 51.2 Å². The molecule has 1 nitrogen and oxygen atoms in total. The van der Waals surface area contributed by atoms with E-state index in [-0.39, 0.29) is 0 Å². The predicted molar refractivity (Wildman–Crippen MR) is 76.4 cm³/mol. The first kappa shape index (κ1) is 17.0. The molecule has 0 spiro atoms. The van der Waals surface area contributed by atoms with E-state index >= 15 is 0 Å². The van der Waals surface area contributed by atoms with Crippen LogP contribution in [0.15, 0.2) is 24.3 Å². The second kappa shape index (κ2) is 7.67. The van der Waals surface area contributed by atoms with Gasteiger partial charge in [-0.25, -0.2) is 0 Å². The van der Waals surface area contributed by atoms with Gasteiger partial charge in [-0.3, -0.25) is 0 Å².